The van der Waals surface area contributed by atoms with Crippen LogP contribution < -0.4 is 11.1 Å². The number of thiazole rings is 1. The Morgan fingerprint density at radius 1 is 1.35 bits per heavy atom. The van der Waals surface area contributed by atoms with E-state index < -0.39 is 6.04 Å². The van der Waals surface area contributed by atoms with E-state index in [1.807, 2.05) is 36.6 Å². The number of nitrogens with zero attached hydrogens (tertiary/aromatic N) is 1. The summed E-state index contributed by atoms with van der Waals surface area (Å²) in [5.74, 6) is 0.192. The highest BCUT2D eigenvalue weighted by Gasteiger charge is 2.19. The van der Waals surface area contributed by atoms with Gasteiger partial charge in [-0.25, -0.2) is 4.98 Å². The molecule has 1 heterocycles. The molecule has 0 radical (unpaired) electrons. The van der Waals surface area contributed by atoms with E-state index in [9.17, 15) is 9.59 Å². The van der Waals surface area contributed by atoms with E-state index in [-0.39, 0.29) is 30.7 Å². The van der Waals surface area contributed by atoms with E-state index in [4.69, 9.17) is 10.5 Å². The lowest BCUT2D eigenvalue weighted by Gasteiger charge is -2.09. The first kappa shape index (κ1) is 22.4. The van der Waals surface area contributed by atoms with Gasteiger partial charge in [0.15, 0.2) is 5.13 Å². The van der Waals surface area contributed by atoms with Crippen LogP contribution in [0.25, 0.3) is 11.3 Å². The number of carbonyl (C=O) groups is 2. The summed E-state index contributed by atoms with van der Waals surface area (Å²) in [5.41, 5.74) is 7.44. The monoisotopic (exact) mass is 415 g/mol. The molecular weight excluding hydrogens is 394 g/mol. The van der Waals surface area contributed by atoms with E-state index >= 15 is 0 Å². The Hall–Kier alpha value is -1.61. The van der Waals surface area contributed by atoms with Gasteiger partial charge >= 0.3 is 5.97 Å². The second kappa shape index (κ2) is 11.2. The SMILES string of the molecule is COC(=O)Cc1sc(NC(=O)[C@@H](N)CCSC)nc1-c1ccccc1.Cl. The second-order valence-corrected chi connectivity index (χ2v) is 7.36. The molecule has 1 aromatic heterocycles. The number of hydrogen-bond donors (Lipinski definition) is 2. The van der Waals surface area contributed by atoms with Crippen LogP contribution in [0.15, 0.2) is 30.3 Å². The van der Waals surface area contributed by atoms with Gasteiger partial charge in [-0.3, -0.25) is 9.59 Å². The van der Waals surface area contributed by atoms with Crippen LogP contribution in [0.5, 0.6) is 0 Å². The maximum Gasteiger partial charge on any atom is 0.310 e. The van der Waals surface area contributed by atoms with Crippen molar-refractivity contribution in [1.82, 2.24) is 4.98 Å². The Labute approximate surface area is 167 Å². The number of ether oxygens (including phenoxy) is 1. The van der Waals surface area contributed by atoms with Crippen LogP contribution in [-0.4, -0.2) is 42.0 Å². The average molecular weight is 416 g/mol. The molecule has 0 saturated heterocycles. The minimum absolute atomic E-state index is 0. The lowest BCUT2D eigenvalue weighted by molar-refractivity contribution is -0.139. The maximum atomic E-state index is 12.2. The summed E-state index contributed by atoms with van der Waals surface area (Å²) in [4.78, 5) is 29.1. The largest absolute Gasteiger partial charge is 0.469 e. The Kier molecular flexibility index (Phi) is 9.64. The normalized spacial score (nSPS) is 11.3. The first-order chi connectivity index (χ1) is 12.0. The van der Waals surface area contributed by atoms with Crippen molar-refractivity contribution in [3.63, 3.8) is 0 Å². The molecule has 0 bridgehead atoms. The molecule has 9 heteroatoms. The molecule has 3 N–H and O–H groups in total. The predicted molar refractivity (Wildman–Crippen MR) is 110 cm³/mol. The number of carbonyl (C=O) groups excluding carboxylic acids is 2. The smallest absolute Gasteiger partial charge is 0.310 e. The molecule has 0 aliphatic carbocycles. The number of esters is 1. The van der Waals surface area contributed by atoms with Crippen LogP contribution in [0.1, 0.15) is 11.3 Å². The fourth-order valence-electron chi connectivity index (χ4n) is 2.12. The molecule has 6 nitrogen and oxygen atoms in total. The predicted octanol–water partition coefficient (Wildman–Crippen LogP) is 2.97. The summed E-state index contributed by atoms with van der Waals surface area (Å²) in [7, 11) is 1.35. The number of hydrogen-bond acceptors (Lipinski definition) is 7. The van der Waals surface area contributed by atoms with Crippen molar-refractivity contribution in [2.75, 3.05) is 24.4 Å². The highest BCUT2D eigenvalue weighted by atomic mass is 35.5. The number of rotatable bonds is 8. The molecule has 1 atom stereocenters. The van der Waals surface area contributed by atoms with Gasteiger partial charge in [-0.1, -0.05) is 30.3 Å². The number of aromatic nitrogens is 1. The van der Waals surface area contributed by atoms with Gasteiger partial charge in [0.25, 0.3) is 0 Å². The summed E-state index contributed by atoms with van der Waals surface area (Å²) < 4.78 is 4.75. The molecule has 26 heavy (non-hydrogen) atoms. The van der Waals surface area contributed by atoms with E-state index in [1.54, 1.807) is 11.8 Å². The zero-order valence-electron chi connectivity index (χ0n) is 14.6. The van der Waals surface area contributed by atoms with Crippen LogP contribution in [0.2, 0.25) is 0 Å². The molecule has 2 rings (SSSR count). The Morgan fingerprint density at radius 3 is 2.65 bits per heavy atom. The minimum atomic E-state index is -0.583. The minimum Gasteiger partial charge on any atom is -0.469 e. The van der Waals surface area contributed by atoms with Gasteiger partial charge in [0.1, 0.15) is 0 Å². The molecule has 0 aliphatic rings. The topological polar surface area (TPSA) is 94.3 Å². The number of amides is 1. The molecule has 1 aromatic carbocycles. The van der Waals surface area contributed by atoms with Gasteiger partial charge in [0.2, 0.25) is 5.91 Å². The molecule has 0 aliphatic heterocycles. The zero-order valence-corrected chi connectivity index (χ0v) is 17.0. The number of anilines is 1. The van der Waals surface area contributed by atoms with Crippen LogP contribution >= 0.6 is 35.5 Å². The molecule has 142 valence electrons. The van der Waals surface area contributed by atoms with E-state index in [0.29, 0.717) is 17.2 Å². The molecular formula is C17H22ClN3O3S2. The highest BCUT2D eigenvalue weighted by molar-refractivity contribution is 7.98. The summed E-state index contributed by atoms with van der Waals surface area (Å²) in [5, 5.41) is 3.19. The average Bonchev–Trinajstić information content (AvgIpc) is 3.02. The highest BCUT2D eigenvalue weighted by Crippen LogP contribution is 2.31. The van der Waals surface area contributed by atoms with Crippen molar-refractivity contribution >= 4 is 52.5 Å². The van der Waals surface area contributed by atoms with Gasteiger partial charge in [0.05, 0.1) is 25.3 Å². The van der Waals surface area contributed by atoms with Crippen molar-refractivity contribution in [3.8, 4) is 11.3 Å². The lowest BCUT2D eigenvalue weighted by atomic mass is 10.1. The first-order valence-electron chi connectivity index (χ1n) is 7.72. The first-order valence-corrected chi connectivity index (χ1v) is 9.93. The van der Waals surface area contributed by atoms with Crippen molar-refractivity contribution in [1.29, 1.82) is 0 Å². The van der Waals surface area contributed by atoms with Crippen molar-refractivity contribution in [2.24, 2.45) is 5.73 Å². The van der Waals surface area contributed by atoms with Gasteiger partial charge in [-0.15, -0.1) is 23.7 Å². The third-order valence-electron chi connectivity index (χ3n) is 3.48. The van der Waals surface area contributed by atoms with Crippen LogP contribution in [0, 0.1) is 0 Å². The number of methoxy groups -OCH3 is 1. The van der Waals surface area contributed by atoms with Crippen LogP contribution in [0.4, 0.5) is 5.13 Å². The number of halogens is 1. The van der Waals surface area contributed by atoms with E-state index in [0.717, 1.165) is 16.2 Å². The van der Waals surface area contributed by atoms with Crippen molar-refractivity contribution in [3.05, 3.63) is 35.2 Å². The fraction of sp³-hybridized carbons (Fsp3) is 0.353. The summed E-state index contributed by atoms with van der Waals surface area (Å²) in [6.45, 7) is 0. The number of benzene rings is 1. The Balaban J connectivity index is 0.00000338. The van der Waals surface area contributed by atoms with Crippen LogP contribution in [-0.2, 0) is 20.7 Å². The molecule has 0 spiro atoms. The summed E-state index contributed by atoms with van der Waals surface area (Å²) in [6, 6.07) is 8.93. The number of nitrogens with two attached hydrogens (primary N) is 1. The van der Waals surface area contributed by atoms with Crippen LogP contribution in [0.3, 0.4) is 0 Å². The molecule has 1 amide bonds. The van der Waals surface area contributed by atoms with Gasteiger partial charge < -0.3 is 15.8 Å². The number of nitrogens with one attached hydrogen (secondary N) is 1. The quantitative estimate of drug-likeness (QED) is 0.643. The van der Waals surface area contributed by atoms with E-state index in [1.165, 1.54) is 18.4 Å². The third kappa shape index (κ3) is 6.28. The summed E-state index contributed by atoms with van der Waals surface area (Å²) in [6.07, 6.45) is 2.67. The number of thioether (sulfide) groups is 1. The maximum absolute atomic E-state index is 12.2. The van der Waals surface area contributed by atoms with Crippen molar-refractivity contribution in [2.45, 2.75) is 18.9 Å². The summed E-state index contributed by atoms with van der Waals surface area (Å²) >= 11 is 2.91. The van der Waals surface area contributed by atoms with Gasteiger partial charge in [-0.2, -0.15) is 11.8 Å². The third-order valence-corrected chi connectivity index (χ3v) is 5.09. The van der Waals surface area contributed by atoms with Crippen molar-refractivity contribution < 1.29 is 14.3 Å². The standard InChI is InChI=1S/C17H21N3O3S2.ClH/c1-23-14(21)10-13-15(11-6-4-3-5-7-11)19-17(25-13)20-16(22)12(18)8-9-24-2;/h3-7,12H,8-10,18H2,1-2H3,(H,19,20,22);1H/t12-;/m0./s1. The molecule has 0 unspecified atom stereocenters. The Bertz CT molecular complexity index is 725. The second-order valence-electron chi connectivity index (χ2n) is 5.29. The van der Waals surface area contributed by atoms with Gasteiger partial charge in [0, 0.05) is 10.4 Å². The molecule has 0 saturated carbocycles. The fourth-order valence-corrected chi connectivity index (χ4v) is 3.59. The molecule has 0 fully saturated rings. The molecule has 2 aromatic rings. The zero-order chi connectivity index (χ0) is 18.2. The lowest BCUT2D eigenvalue weighted by Crippen LogP contribution is -2.36. The van der Waals surface area contributed by atoms with E-state index in [2.05, 4.69) is 10.3 Å². The Morgan fingerprint density at radius 2 is 2.04 bits per heavy atom. The van der Waals surface area contributed by atoms with Gasteiger partial charge in [-0.05, 0) is 18.4 Å².